The fourth-order valence-corrected chi connectivity index (χ4v) is 3.69. The first-order valence-electron chi connectivity index (χ1n) is 8.40. The fourth-order valence-electron chi connectivity index (χ4n) is 3.69. The van der Waals surface area contributed by atoms with Gasteiger partial charge in [0, 0.05) is 31.6 Å². The fraction of sp³-hybridized carbons (Fsp3) is 0.938. The van der Waals surface area contributed by atoms with Crippen LogP contribution in [0.3, 0.4) is 0 Å². The lowest BCUT2D eigenvalue weighted by molar-refractivity contribution is -0.137. The summed E-state index contributed by atoms with van der Waals surface area (Å²) in [6.45, 7) is 3.48. The minimum atomic E-state index is -0.646. The largest absolute Gasteiger partial charge is 0.481 e. The van der Waals surface area contributed by atoms with Gasteiger partial charge in [-0.25, -0.2) is 0 Å². The molecule has 2 saturated carbocycles. The van der Waals surface area contributed by atoms with Crippen LogP contribution >= 0.6 is 0 Å². The number of aliphatic carboxylic acids is 1. The number of rotatable bonds is 7. The summed E-state index contributed by atoms with van der Waals surface area (Å²) in [4.78, 5) is 13.4. The molecule has 2 unspecified atom stereocenters. The van der Waals surface area contributed by atoms with E-state index in [-0.39, 0.29) is 0 Å². The van der Waals surface area contributed by atoms with Crippen LogP contribution in [-0.2, 0) is 4.79 Å². The molecule has 114 valence electrons. The number of hydrogen-bond acceptors (Lipinski definition) is 3. The van der Waals surface area contributed by atoms with Gasteiger partial charge in [0.2, 0.25) is 0 Å². The van der Waals surface area contributed by atoms with E-state index in [1.54, 1.807) is 0 Å². The van der Waals surface area contributed by atoms with Gasteiger partial charge in [-0.15, -0.1) is 0 Å². The number of likely N-dealkylation sites (tertiary alicyclic amines) is 1. The summed E-state index contributed by atoms with van der Waals surface area (Å²) in [5.74, 6) is 0.829. The van der Waals surface area contributed by atoms with Crippen LogP contribution < -0.4 is 5.32 Å². The summed E-state index contributed by atoms with van der Waals surface area (Å²) in [5.41, 5.74) is 0. The van der Waals surface area contributed by atoms with Crippen LogP contribution in [0.1, 0.15) is 51.4 Å². The van der Waals surface area contributed by atoms with Gasteiger partial charge in [-0.1, -0.05) is 6.42 Å². The molecule has 1 heterocycles. The second-order valence-corrected chi connectivity index (χ2v) is 7.12. The van der Waals surface area contributed by atoms with Crippen molar-refractivity contribution in [1.29, 1.82) is 0 Å². The van der Waals surface area contributed by atoms with Crippen molar-refractivity contribution in [3.8, 4) is 0 Å². The number of carboxylic acids is 1. The second kappa shape index (κ2) is 6.44. The van der Waals surface area contributed by atoms with Crippen LogP contribution in [0.2, 0.25) is 0 Å². The van der Waals surface area contributed by atoms with Crippen LogP contribution in [0.4, 0.5) is 0 Å². The standard InChI is InChI=1S/C16H28N2O2/c19-16(20)7-4-13-8-14(17-9-12-2-1-3-12)11-18(10-13)15-5-6-15/h12-15,17H,1-11H2,(H,19,20). The predicted octanol–water partition coefficient (Wildman–Crippen LogP) is 2.09. The van der Waals surface area contributed by atoms with Crippen molar-refractivity contribution in [1.82, 2.24) is 10.2 Å². The highest BCUT2D eigenvalue weighted by atomic mass is 16.4. The molecule has 3 rings (SSSR count). The van der Waals surface area contributed by atoms with Gasteiger partial charge >= 0.3 is 5.97 Å². The molecule has 0 amide bonds. The Balaban J connectivity index is 1.47. The third kappa shape index (κ3) is 3.95. The van der Waals surface area contributed by atoms with E-state index in [0.29, 0.717) is 18.4 Å². The average molecular weight is 280 g/mol. The second-order valence-electron chi connectivity index (χ2n) is 7.12. The van der Waals surface area contributed by atoms with Crippen molar-refractivity contribution in [2.45, 2.75) is 63.5 Å². The Morgan fingerprint density at radius 1 is 1.15 bits per heavy atom. The molecule has 0 aromatic heterocycles. The smallest absolute Gasteiger partial charge is 0.303 e. The molecule has 1 saturated heterocycles. The van der Waals surface area contributed by atoms with Crippen LogP contribution in [-0.4, -0.2) is 47.7 Å². The Labute approximate surface area is 121 Å². The Kier molecular flexibility index (Phi) is 4.61. The lowest BCUT2D eigenvalue weighted by atomic mass is 9.84. The van der Waals surface area contributed by atoms with Crippen molar-refractivity contribution in [2.24, 2.45) is 11.8 Å². The zero-order valence-corrected chi connectivity index (χ0v) is 12.4. The number of nitrogens with one attached hydrogen (secondary N) is 1. The van der Waals surface area contributed by atoms with E-state index in [0.717, 1.165) is 24.9 Å². The average Bonchev–Trinajstić information content (AvgIpc) is 3.18. The SMILES string of the molecule is O=C(O)CCC1CC(NCC2CCC2)CN(C2CC2)C1. The molecule has 4 heteroatoms. The van der Waals surface area contributed by atoms with E-state index in [4.69, 9.17) is 5.11 Å². The maximum absolute atomic E-state index is 10.8. The van der Waals surface area contributed by atoms with Gasteiger partial charge in [0.15, 0.2) is 0 Å². The molecule has 20 heavy (non-hydrogen) atoms. The first-order valence-corrected chi connectivity index (χ1v) is 8.40. The molecular weight excluding hydrogens is 252 g/mol. The van der Waals surface area contributed by atoms with E-state index in [1.807, 2.05) is 0 Å². The third-order valence-electron chi connectivity index (χ3n) is 5.32. The third-order valence-corrected chi connectivity index (χ3v) is 5.32. The Morgan fingerprint density at radius 2 is 1.95 bits per heavy atom. The summed E-state index contributed by atoms with van der Waals surface area (Å²) in [6.07, 6.45) is 9.25. The van der Waals surface area contributed by atoms with Gasteiger partial charge in [0.1, 0.15) is 0 Å². The van der Waals surface area contributed by atoms with Gasteiger partial charge in [-0.2, -0.15) is 0 Å². The van der Waals surface area contributed by atoms with Gasteiger partial charge in [-0.05, 0) is 56.9 Å². The van der Waals surface area contributed by atoms with Crippen molar-refractivity contribution in [3.63, 3.8) is 0 Å². The van der Waals surface area contributed by atoms with E-state index in [9.17, 15) is 4.79 Å². The molecule has 3 aliphatic rings. The molecule has 2 aliphatic carbocycles. The number of piperidine rings is 1. The molecule has 0 bridgehead atoms. The van der Waals surface area contributed by atoms with Crippen LogP contribution in [0.15, 0.2) is 0 Å². The predicted molar refractivity (Wildman–Crippen MR) is 78.7 cm³/mol. The van der Waals surface area contributed by atoms with Crippen LogP contribution in [0.5, 0.6) is 0 Å². The van der Waals surface area contributed by atoms with Crippen molar-refractivity contribution in [3.05, 3.63) is 0 Å². The first-order chi connectivity index (χ1) is 9.70. The minimum Gasteiger partial charge on any atom is -0.481 e. The van der Waals surface area contributed by atoms with E-state index >= 15 is 0 Å². The van der Waals surface area contributed by atoms with E-state index < -0.39 is 5.97 Å². The van der Waals surface area contributed by atoms with Gasteiger partial charge in [-0.3, -0.25) is 9.69 Å². The quantitative estimate of drug-likeness (QED) is 0.750. The van der Waals surface area contributed by atoms with Crippen molar-refractivity contribution in [2.75, 3.05) is 19.6 Å². The summed E-state index contributed by atoms with van der Waals surface area (Å²) < 4.78 is 0. The number of hydrogen-bond donors (Lipinski definition) is 2. The Morgan fingerprint density at radius 3 is 2.55 bits per heavy atom. The van der Waals surface area contributed by atoms with Crippen LogP contribution in [0.25, 0.3) is 0 Å². The number of carbonyl (C=O) groups is 1. The van der Waals surface area contributed by atoms with Crippen molar-refractivity contribution >= 4 is 5.97 Å². The number of nitrogens with zero attached hydrogens (tertiary/aromatic N) is 1. The maximum Gasteiger partial charge on any atom is 0.303 e. The van der Waals surface area contributed by atoms with Gasteiger partial charge < -0.3 is 10.4 Å². The highest BCUT2D eigenvalue weighted by molar-refractivity contribution is 5.66. The van der Waals surface area contributed by atoms with E-state index in [1.165, 1.54) is 51.6 Å². The normalized spacial score (nSPS) is 32.0. The molecule has 2 N–H and O–H groups in total. The lowest BCUT2D eigenvalue weighted by Gasteiger charge is -2.39. The zero-order valence-electron chi connectivity index (χ0n) is 12.4. The highest BCUT2D eigenvalue weighted by Gasteiger charge is 2.36. The van der Waals surface area contributed by atoms with E-state index in [2.05, 4.69) is 10.2 Å². The summed E-state index contributed by atoms with van der Waals surface area (Å²) >= 11 is 0. The highest BCUT2D eigenvalue weighted by Crippen LogP contribution is 2.33. The molecule has 0 radical (unpaired) electrons. The monoisotopic (exact) mass is 280 g/mol. The molecule has 0 spiro atoms. The van der Waals surface area contributed by atoms with Gasteiger partial charge in [0.05, 0.1) is 0 Å². The van der Waals surface area contributed by atoms with Crippen molar-refractivity contribution < 1.29 is 9.90 Å². The molecular formula is C16H28N2O2. The topological polar surface area (TPSA) is 52.6 Å². The summed E-state index contributed by atoms with van der Waals surface area (Å²) in [6, 6.07) is 1.39. The molecule has 1 aliphatic heterocycles. The zero-order chi connectivity index (χ0) is 13.9. The lowest BCUT2D eigenvalue weighted by Crippen LogP contribution is -2.51. The molecule has 2 atom stereocenters. The molecule has 4 nitrogen and oxygen atoms in total. The Bertz CT molecular complexity index is 339. The maximum atomic E-state index is 10.8. The molecule has 0 aromatic rings. The number of carboxylic acid groups (broad SMARTS) is 1. The summed E-state index contributed by atoms with van der Waals surface area (Å²) in [7, 11) is 0. The molecule has 3 fully saturated rings. The first kappa shape index (κ1) is 14.3. The van der Waals surface area contributed by atoms with Gasteiger partial charge in [0.25, 0.3) is 0 Å². The Hall–Kier alpha value is -0.610. The van der Waals surface area contributed by atoms with Crippen LogP contribution in [0, 0.1) is 11.8 Å². The minimum absolute atomic E-state index is 0.332. The molecule has 0 aromatic carbocycles. The summed E-state index contributed by atoms with van der Waals surface area (Å²) in [5, 5.41) is 12.6.